The highest BCUT2D eigenvalue weighted by Gasteiger charge is 2.22. The van der Waals surface area contributed by atoms with Crippen molar-refractivity contribution >= 4 is 5.69 Å². The first-order valence-electron chi connectivity index (χ1n) is 7.48. The van der Waals surface area contributed by atoms with Gasteiger partial charge in [-0.15, -0.1) is 0 Å². The van der Waals surface area contributed by atoms with Crippen LogP contribution in [0.1, 0.15) is 29.7 Å². The number of nitrogens with one attached hydrogen (secondary N) is 1. The number of para-hydroxylation sites is 1. The topological polar surface area (TPSA) is 15.3 Å². The monoisotopic (exact) mass is 284 g/mol. The van der Waals surface area contributed by atoms with Crippen LogP contribution in [0.5, 0.6) is 0 Å². The number of hydrogen-bond acceptors (Lipinski definition) is 2. The molecule has 2 aromatic carbocycles. The van der Waals surface area contributed by atoms with Crippen LogP contribution >= 0.6 is 0 Å². The standard InChI is InChI=1S/C18H21FN2/c1-13(20-2)16-8-5-9-17(19)18(16)21-11-10-14-6-3-4-7-15(14)12-21/h3-9,13,20H,10-12H2,1-2H3. The Kier molecular flexibility index (Phi) is 3.93. The molecule has 0 amide bonds. The van der Waals surface area contributed by atoms with E-state index >= 15 is 0 Å². The van der Waals surface area contributed by atoms with Crippen LogP contribution in [0.4, 0.5) is 10.1 Å². The summed E-state index contributed by atoms with van der Waals surface area (Å²) in [5.74, 6) is -0.131. The number of halogens is 1. The molecule has 0 fully saturated rings. The molecule has 3 heteroatoms. The van der Waals surface area contributed by atoms with Crippen molar-refractivity contribution < 1.29 is 4.39 Å². The van der Waals surface area contributed by atoms with Gasteiger partial charge >= 0.3 is 0 Å². The van der Waals surface area contributed by atoms with Gasteiger partial charge in [-0.25, -0.2) is 4.39 Å². The molecule has 0 aromatic heterocycles. The fourth-order valence-electron chi connectivity index (χ4n) is 3.06. The maximum atomic E-state index is 14.4. The predicted octanol–water partition coefficient (Wildman–Crippen LogP) is 3.67. The zero-order chi connectivity index (χ0) is 14.8. The van der Waals surface area contributed by atoms with Gasteiger partial charge in [0.05, 0.1) is 5.69 Å². The predicted molar refractivity (Wildman–Crippen MR) is 85.1 cm³/mol. The Hall–Kier alpha value is -1.87. The van der Waals surface area contributed by atoms with Crippen molar-refractivity contribution in [2.24, 2.45) is 0 Å². The zero-order valence-corrected chi connectivity index (χ0v) is 12.6. The first kappa shape index (κ1) is 14.1. The van der Waals surface area contributed by atoms with E-state index in [0.29, 0.717) is 0 Å². The molecular formula is C18H21FN2. The minimum absolute atomic E-state index is 0.131. The number of nitrogens with zero attached hydrogens (tertiary/aromatic N) is 1. The first-order valence-corrected chi connectivity index (χ1v) is 7.48. The summed E-state index contributed by atoms with van der Waals surface area (Å²) in [7, 11) is 1.91. The molecule has 21 heavy (non-hydrogen) atoms. The van der Waals surface area contributed by atoms with E-state index in [0.717, 1.165) is 30.8 Å². The lowest BCUT2D eigenvalue weighted by molar-refractivity contribution is 0.590. The van der Waals surface area contributed by atoms with Crippen LogP contribution in [-0.4, -0.2) is 13.6 Å². The molecule has 2 nitrogen and oxygen atoms in total. The van der Waals surface area contributed by atoms with E-state index in [-0.39, 0.29) is 11.9 Å². The maximum Gasteiger partial charge on any atom is 0.146 e. The largest absolute Gasteiger partial charge is 0.364 e. The molecule has 0 bridgehead atoms. The maximum absolute atomic E-state index is 14.4. The molecule has 0 radical (unpaired) electrons. The number of rotatable bonds is 3. The molecule has 1 unspecified atom stereocenters. The summed E-state index contributed by atoms with van der Waals surface area (Å²) in [5.41, 5.74) is 4.45. The molecule has 0 spiro atoms. The molecule has 2 aromatic rings. The van der Waals surface area contributed by atoms with Crippen LogP contribution < -0.4 is 10.2 Å². The molecule has 1 aliphatic rings. The highest BCUT2D eigenvalue weighted by Crippen LogP contribution is 2.32. The van der Waals surface area contributed by atoms with E-state index in [1.807, 2.05) is 13.1 Å². The highest BCUT2D eigenvalue weighted by atomic mass is 19.1. The van der Waals surface area contributed by atoms with Crippen LogP contribution in [0.2, 0.25) is 0 Å². The van der Waals surface area contributed by atoms with Gasteiger partial charge < -0.3 is 10.2 Å². The molecule has 1 aliphatic heterocycles. The molecule has 0 saturated carbocycles. The number of anilines is 1. The molecule has 0 aliphatic carbocycles. The molecule has 3 rings (SSSR count). The molecule has 110 valence electrons. The fraction of sp³-hybridized carbons (Fsp3) is 0.333. The summed E-state index contributed by atoms with van der Waals surface area (Å²) in [6.07, 6.45) is 0.970. The van der Waals surface area contributed by atoms with Crippen molar-refractivity contribution in [1.29, 1.82) is 0 Å². The van der Waals surface area contributed by atoms with Crippen LogP contribution in [0.15, 0.2) is 42.5 Å². The second kappa shape index (κ2) is 5.86. The molecule has 1 atom stereocenters. The second-order valence-electron chi connectivity index (χ2n) is 5.63. The minimum Gasteiger partial charge on any atom is -0.364 e. The highest BCUT2D eigenvalue weighted by molar-refractivity contribution is 5.57. The Bertz CT molecular complexity index is 639. The number of fused-ring (bicyclic) bond motifs is 1. The summed E-state index contributed by atoms with van der Waals surface area (Å²) in [6.45, 7) is 3.71. The van der Waals surface area contributed by atoms with E-state index < -0.39 is 0 Å². The van der Waals surface area contributed by atoms with Crippen LogP contribution in [-0.2, 0) is 13.0 Å². The van der Waals surface area contributed by atoms with Gasteiger partial charge in [-0.05, 0) is 43.1 Å². The summed E-state index contributed by atoms with van der Waals surface area (Å²) >= 11 is 0. The first-order chi connectivity index (χ1) is 10.2. The summed E-state index contributed by atoms with van der Waals surface area (Å²) in [5, 5.41) is 3.21. The van der Waals surface area contributed by atoms with Gasteiger partial charge in [0, 0.05) is 19.1 Å². The van der Waals surface area contributed by atoms with Gasteiger partial charge in [0.25, 0.3) is 0 Å². The zero-order valence-electron chi connectivity index (χ0n) is 12.6. The third-order valence-corrected chi connectivity index (χ3v) is 4.36. The van der Waals surface area contributed by atoms with Crippen LogP contribution in [0.25, 0.3) is 0 Å². The van der Waals surface area contributed by atoms with Crippen molar-refractivity contribution in [2.45, 2.75) is 25.9 Å². The normalized spacial score (nSPS) is 15.7. The lowest BCUT2D eigenvalue weighted by Crippen LogP contribution is -2.32. The van der Waals surface area contributed by atoms with Gasteiger partial charge in [0.15, 0.2) is 0 Å². The lowest BCUT2D eigenvalue weighted by atomic mass is 9.97. The van der Waals surface area contributed by atoms with Crippen molar-refractivity contribution in [3.05, 3.63) is 65.0 Å². The van der Waals surface area contributed by atoms with E-state index in [9.17, 15) is 4.39 Å². The van der Waals surface area contributed by atoms with Gasteiger partial charge in [0.2, 0.25) is 0 Å². The third-order valence-electron chi connectivity index (χ3n) is 4.36. The number of hydrogen-bond donors (Lipinski definition) is 1. The van der Waals surface area contributed by atoms with Crippen LogP contribution in [0, 0.1) is 5.82 Å². The van der Waals surface area contributed by atoms with Gasteiger partial charge in [-0.3, -0.25) is 0 Å². The number of benzene rings is 2. The molecular weight excluding hydrogens is 263 g/mol. The van der Waals surface area contributed by atoms with E-state index in [1.165, 1.54) is 11.1 Å². The average molecular weight is 284 g/mol. The van der Waals surface area contributed by atoms with Crippen molar-refractivity contribution in [3.8, 4) is 0 Å². The molecule has 1 N–H and O–H groups in total. The Balaban J connectivity index is 1.98. The van der Waals surface area contributed by atoms with E-state index in [2.05, 4.69) is 41.4 Å². The molecule has 0 saturated heterocycles. The summed E-state index contributed by atoms with van der Waals surface area (Å²) < 4.78 is 14.4. The van der Waals surface area contributed by atoms with Gasteiger partial charge in [-0.2, -0.15) is 0 Å². The Morgan fingerprint density at radius 1 is 1.10 bits per heavy atom. The van der Waals surface area contributed by atoms with Gasteiger partial charge in [-0.1, -0.05) is 36.4 Å². The van der Waals surface area contributed by atoms with Crippen LogP contribution in [0.3, 0.4) is 0 Å². The van der Waals surface area contributed by atoms with Crippen molar-refractivity contribution in [1.82, 2.24) is 5.32 Å². The second-order valence-corrected chi connectivity index (χ2v) is 5.63. The lowest BCUT2D eigenvalue weighted by Gasteiger charge is -2.33. The van der Waals surface area contributed by atoms with E-state index in [1.54, 1.807) is 12.1 Å². The van der Waals surface area contributed by atoms with Crippen molar-refractivity contribution in [3.63, 3.8) is 0 Å². The minimum atomic E-state index is -0.131. The van der Waals surface area contributed by atoms with Gasteiger partial charge in [0.1, 0.15) is 5.82 Å². The third kappa shape index (κ3) is 2.66. The Labute approximate surface area is 125 Å². The Morgan fingerprint density at radius 2 is 1.86 bits per heavy atom. The molecule has 1 heterocycles. The average Bonchev–Trinajstić information content (AvgIpc) is 2.53. The quantitative estimate of drug-likeness (QED) is 0.925. The van der Waals surface area contributed by atoms with E-state index in [4.69, 9.17) is 0 Å². The fourth-order valence-corrected chi connectivity index (χ4v) is 3.06. The smallest absolute Gasteiger partial charge is 0.146 e. The summed E-state index contributed by atoms with van der Waals surface area (Å²) in [6, 6.07) is 13.9. The Morgan fingerprint density at radius 3 is 2.62 bits per heavy atom. The summed E-state index contributed by atoms with van der Waals surface area (Å²) in [4.78, 5) is 2.17. The SMILES string of the molecule is CNC(C)c1cccc(F)c1N1CCc2ccccc2C1. The van der Waals surface area contributed by atoms with Crippen molar-refractivity contribution in [2.75, 3.05) is 18.5 Å².